The molecule has 1 aliphatic heterocycles. The van der Waals surface area contributed by atoms with Crippen molar-refractivity contribution in [1.82, 2.24) is 14.5 Å². The molecule has 0 bridgehead atoms. The minimum absolute atomic E-state index is 0.0580. The number of rotatable bonds is 5. The topological polar surface area (TPSA) is 81.6 Å². The fourth-order valence-electron chi connectivity index (χ4n) is 2.73. The maximum Gasteiger partial charge on any atom is 0.246 e. The summed E-state index contributed by atoms with van der Waals surface area (Å²) in [6, 6.07) is 7.96. The molecular weight excluding hydrogens is 366 g/mol. The summed E-state index contributed by atoms with van der Waals surface area (Å²) >= 11 is 5.98. The summed E-state index contributed by atoms with van der Waals surface area (Å²) in [7, 11) is -2.32. The van der Waals surface area contributed by atoms with Crippen LogP contribution in [0.5, 0.6) is 11.6 Å². The maximum atomic E-state index is 13.0. The van der Waals surface area contributed by atoms with Crippen LogP contribution in [-0.2, 0) is 10.0 Å². The van der Waals surface area contributed by atoms with Crippen molar-refractivity contribution < 1.29 is 17.9 Å². The molecule has 1 aliphatic rings. The van der Waals surface area contributed by atoms with Crippen LogP contribution in [0, 0.1) is 0 Å². The van der Waals surface area contributed by atoms with Crippen LogP contribution in [0.25, 0.3) is 0 Å². The predicted molar refractivity (Wildman–Crippen MR) is 92.4 cm³/mol. The summed E-state index contributed by atoms with van der Waals surface area (Å²) in [6.45, 7) is 0.646. The van der Waals surface area contributed by atoms with Crippen LogP contribution in [0.15, 0.2) is 41.4 Å². The van der Waals surface area contributed by atoms with Crippen LogP contribution < -0.4 is 9.47 Å². The zero-order valence-electron chi connectivity index (χ0n) is 13.6. The molecule has 1 aromatic heterocycles. The van der Waals surface area contributed by atoms with Gasteiger partial charge in [-0.2, -0.15) is 9.40 Å². The summed E-state index contributed by atoms with van der Waals surface area (Å²) in [5.74, 6) is 0.647. The fourth-order valence-corrected chi connectivity index (χ4v) is 4.66. The highest BCUT2D eigenvalue weighted by molar-refractivity contribution is 7.89. The number of aromatic nitrogens is 2. The normalized spacial score (nSPS) is 18.7. The van der Waals surface area contributed by atoms with E-state index in [0.717, 1.165) is 6.42 Å². The van der Waals surface area contributed by atoms with Crippen LogP contribution in [-0.4, -0.2) is 49.2 Å². The van der Waals surface area contributed by atoms with Crippen LogP contribution in [0.2, 0.25) is 5.02 Å². The first-order chi connectivity index (χ1) is 12.0. The van der Waals surface area contributed by atoms with Gasteiger partial charge in [0, 0.05) is 23.8 Å². The first kappa shape index (κ1) is 17.9. The van der Waals surface area contributed by atoms with Crippen molar-refractivity contribution in [2.24, 2.45) is 0 Å². The van der Waals surface area contributed by atoms with Crippen molar-refractivity contribution in [2.75, 3.05) is 20.2 Å². The number of nitrogens with zero attached hydrogens (tertiary/aromatic N) is 3. The Morgan fingerprint density at radius 2 is 2.16 bits per heavy atom. The lowest BCUT2D eigenvalue weighted by Crippen LogP contribution is -2.44. The van der Waals surface area contributed by atoms with Crippen molar-refractivity contribution in [1.29, 1.82) is 0 Å². The number of benzene rings is 1. The monoisotopic (exact) mass is 383 g/mol. The number of hydrogen-bond acceptors (Lipinski definition) is 6. The summed E-state index contributed by atoms with van der Waals surface area (Å²) in [5, 5.41) is 7.98. The summed E-state index contributed by atoms with van der Waals surface area (Å²) in [5.41, 5.74) is 0. The average molecular weight is 384 g/mol. The number of sulfonamides is 1. The van der Waals surface area contributed by atoms with Gasteiger partial charge in [-0.05, 0) is 37.1 Å². The van der Waals surface area contributed by atoms with Gasteiger partial charge in [0.1, 0.15) is 16.7 Å². The molecule has 0 N–H and O–H groups in total. The van der Waals surface area contributed by atoms with Gasteiger partial charge < -0.3 is 9.47 Å². The van der Waals surface area contributed by atoms with Crippen molar-refractivity contribution in [3.8, 4) is 11.6 Å². The zero-order chi connectivity index (χ0) is 17.9. The second-order valence-electron chi connectivity index (χ2n) is 5.60. The third-order valence-electron chi connectivity index (χ3n) is 3.92. The molecule has 0 spiro atoms. The first-order valence-electron chi connectivity index (χ1n) is 7.79. The Morgan fingerprint density at radius 3 is 2.88 bits per heavy atom. The highest BCUT2D eigenvalue weighted by Gasteiger charge is 2.33. The van der Waals surface area contributed by atoms with Gasteiger partial charge in [0.15, 0.2) is 0 Å². The fraction of sp³-hybridized carbons (Fsp3) is 0.375. The van der Waals surface area contributed by atoms with Gasteiger partial charge in [-0.15, -0.1) is 5.10 Å². The minimum Gasteiger partial charge on any atom is -0.495 e. The lowest BCUT2D eigenvalue weighted by molar-refractivity contribution is 0.123. The summed E-state index contributed by atoms with van der Waals surface area (Å²) in [6.07, 6.45) is 2.70. The van der Waals surface area contributed by atoms with Gasteiger partial charge in [0.25, 0.3) is 0 Å². The molecule has 0 radical (unpaired) electrons. The van der Waals surface area contributed by atoms with E-state index in [4.69, 9.17) is 21.1 Å². The van der Waals surface area contributed by atoms with E-state index < -0.39 is 10.0 Å². The molecule has 9 heteroatoms. The van der Waals surface area contributed by atoms with Gasteiger partial charge in [-0.25, -0.2) is 8.42 Å². The van der Waals surface area contributed by atoms with Crippen molar-refractivity contribution in [3.05, 3.63) is 41.6 Å². The lowest BCUT2D eigenvalue weighted by atomic mass is 10.1. The molecular formula is C16H18ClN3O4S. The molecule has 7 nitrogen and oxygen atoms in total. The zero-order valence-corrected chi connectivity index (χ0v) is 15.2. The van der Waals surface area contributed by atoms with Gasteiger partial charge >= 0.3 is 0 Å². The highest BCUT2D eigenvalue weighted by Crippen LogP contribution is 2.31. The van der Waals surface area contributed by atoms with Gasteiger partial charge in [0.2, 0.25) is 15.9 Å². The Hall–Kier alpha value is -1.90. The summed E-state index contributed by atoms with van der Waals surface area (Å²) < 4.78 is 38.4. The van der Waals surface area contributed by atoms with Crippen LogP contribution in [0.3, 0.4) is 0 Å². The third-order valence-corrected chi connectivity index (χ3v) is 6.04. The second-order valence-corrected chi connectivity index (χ2v) is 7.95. The van der Waals surface area contributed by atoms with Gasteiger partial charge in [0.05, 0.1) is 13.7 Å². The molecule has 3 rings (SSSR count). The molecule has 25 heavy (non-hydrogen) atoms. The maximum absolute atomic E-state index is 13.0. The molecule has 0 aliphatic carbocycles. The number of halogens is 1. The number of methoxy groups -OCH3 is 1. The highest BCUT2D eigenvalue weighted by atomic mass is 35.5. The molecule has 2 heterocycles. The number of hydrogen-bond donors (Lipinski definition) is 0. The van der Waals surface area contributed by atoms with E-state index in [1.807, 2.05) is 0 Å². The predicted octanol–water partition coefficient (Wildman–Crippen LogP) is 2.37. The largest absolute Gasteiger partial charge is 0.495 e. The van der Waals surface area contributed by atoms with E-state index in [2.05, 4.69) is 10.2 Å². The Labute approximate surface area is 151 Å². The molecule has 1 fully saturated rings. The van der Waals surface area contributed by atoms with Crippen LogP contribution >= 0.6 is 11.6 Å². The average Bonchev–Trinajstić information content (AvgIpc) is 2.63. The quantitative estimate of drug-likeness (QED) is 0.788. The summed E-state index contributed by atoms with van der Waals surface area (Å²) in [4.78, 5) is 0.0580. The van der Waals surface area contributed by atoms with Gasteiger partial charge in [-0.3, -0.25) is 0 Å². The molecule has 1 saturated heterocycles. The van der Waals surface area contributed by atoms with E-state index in [9.17, 15) is 8.42 Å². The third kappa shape index (κ3) is 4.02. The van der Waals surface area contributed by atoms with Crippen LogP contribution in [0.1, 0.15) is 12.8 Å². The van der Waals surface area contributed by atoms with Crippen molar-refractivity contribution >= 4 is 21.6 Å². The van der Waals surface area contributed by atoms with Crippen molar-refractivity contribution in [3.63, 3.8) is 0 Å². The van der Waals surface area contributed by atoms with E-state index in [-0.39, 0.29) is 23.3 Å². The Kier molecular flexibility index (Phi) is 5.41. The standard InChI is InChI=1S/C16H18ClN3O4S/c1-23-14-7-6-12(17)10-15(14)25(21,22)20-9-3-4-13(11-20)24-16-5-2-8-18-19-16/h2,5-8,10,13H,3-4,9,11H2,1H3. The van der Waals surface area contributed by atoms with E-state index in [1.165, 1.54) is 17.5 Å². The Morgan fingerprint density at radius 1 is 1.32 bits per heavy atom. The van der Waals surface area contributed by atoms with Crippen LogP contribution in [0.4, 0.5) is 0 Å². The van der Waals surface area contributed by atoms with Gasteiger partial charge in [-0.1, -0.05) is 11.6 Å². The minimum atomic E-state index is -3.74. The molecule has 1 unspecified atom stereocenters. The molecule has 134 valence electrons. The molecule has 1 aromatic carbocycles. The van der Waals surface area contributed by atoms with E-state index in [0.29, 0.717) is 23.9 Å². The lowest BCUT2D eigenvalue weighted by Gasteiger charge is -2.32. The molecule has 0 saturated carbocycles. The molecule has 1 atom stereocenters. The SMILES string of the molecule is COc1ccc(Cl)cc1S(=O)(=O)N1CCCC(Oc2cccnn2)C1. The number of ether oxygens (including phenoxy) is 2. The Balaban J connectivity index is 1.81. The first-order valence-corrected chi connectivity index (χ1v) is 9.60. The molecule has 0 amide bonds. The van der Waals surface area contributed by atoms with E-state index in [1.54, 1.807) is 30.5 Å². The molecule has 2 aromatic rings. The number of piperidine rings is 1. The van der Waals surface area contributed by atoms with Crippen molar-refractivity contribution in [2.45, 2.75) is 23.8 Å². The smallest absolute Gasteiger partial charge is 0.246 e. The second kappa shape index (κ2) is 7.55. The Bertz CT molecular complexity index is 833. The van der Waals surface area contributed by atoms with E-state index >= 15 is 0 Å².